The van der Waals surface area contributed by atoms with Crippen LogP contribution in [0, 0.1) is 10.1 Å². The molecule has 0 aromatic heterocycles. The first-order valence-corrected chi connectivity index (χ1v) is 5.73. The van der Waals surface area contributed by atoms with Crippen LogP contribution in [0.4, 0.5) is 5.69 Å². The number of nitro benzene ring substituents is 1. The number of nitrogens with zero attached hydrogens (tertiary/aromatic N) is 1. The summed E-state index contributed by atoms with van der Waals surface area (Å²) in [5.41, 5.74) is 0.537. The van der Waals surface area contributed by atoms with Crippen molar-refractivity contribution in [3.05, 3.63) is 38.9 Å². The Balaban J connectivity index is 2.06. The molecule has 0 spiro atoms. The molecule has 0 aliphatic heterocycles. The molecule has 0 bridgehead atoms. The summed E-state index contributed by atoms with van der Waals surface area (Å²) in [6, 6.07) is 4.73. The Bertz CT molecular complexity index is 446. The number of benzene rings is 1. The molecule has 0 saturated heterocycles. The summed E-state index contributed by atoms with van der Waals surface area (Å²) >= 11 is 5.72. The third kappa shape index (κ3) is 2.74. The summed E-state index contributed by atoms with van der Waals surface area (Å²) in [5, 5.41) is 23.2. The van der Waals surface area contributed by atoms with E-state index in [1.807, 2.05) is 0 Å². The molecule has 0 heterocycles. The molecule has 0 unspecified atom stereocenters. The topological polar surface area (TPSA) is 75.4 Å². The summed E-state index contributed by atoms with van der Waals surface area (Å²) in [6.07, 6.45) is 1.89. The van der Waals surface area contributed by atoms with Gasteiger partial charge in [-0.25, -0.2) is 0 Å². The fraction of sp³-hybridized carbons (Fsp3) is 0.455. The molecule has 0 amide bonds. The van der Waals surface area contributed by atoms with Crippen molar-refractivity contribution in [2.45, 2.75) is 24.9 Å². The highest BCUT2D eigenvalue weighted by Crippen LogP contribution is 2.35. The molecule has 0 radical (unpaired) electrons. The van der Waals surface area contributed by atoms with Gasteiger partial charge in [0.25, 0.3) is 5.69 Å². The van der Waals surface area contributed by atoms with Crippen molar-refractivity contribution in [3.8, 4) is 0 Å². The van der Waals surface area contributed by atoms with Crippen LogP contribution in [0.3, 0.4) is 0 Å². The fourth-order valence-electron chi connectivity index (χ4n) is 1.64. The van der Waals surface area contributed by atoms with Crippen molar-refractivity contribution >= 4 is 17.3 Å². The standard InChI is InChI=1S/C11H13ClN2O3/c12-9-2-1-8(5-10(9)14(16)17)6-13-11(7-15)3-4-11/h1-2,5,13,15H,3-4,6-7H2. The van der Waals surface area contributed by atoms with Gasteiger partial charge in [0, 0.05) is 18.2 Å². The molecule has 2 N–H and O–H groups in total. The van der Waals surface area contributed by atoms with Crippen LogP contribution in [-0.4, -0.2) is 22.2 Å². The van der Waals surface area contributed by atoms with Crippen molar-refractivity contribution in [1.29, 1.82) is 0 Å². The molecule has 1 aromatic carbocycles. The maximum atomic E-state index is 10.7. The molecule has 17 heavy (non-hydrogen) atoms. The van der Waals surface area contributed by atoms with E-state index >= 15 is 0 Å². The zero-order valence-corrected chi connectivity index (χ0v) is 9.91. The lowest BCUT2D eigenvalue weighted by Gasteiger charge is -2.13. The van der Waals surface area contributed by atoms with Crippen molar-refractivity contribution in [2.75, 3.05) is 6.61 Å². The smallest absolute Gasteiger partial charge is 0.288 e. The maximum Gasteiger partial charge on any atom is 0.288 e. The summed E-state index contributed by atoms with van der Waals surface area (Å²) in [5.74, 6) is 0. The Morgan fingerprint density at radius 1 is 1.53 bits per heavy atom. The first-order chi connectivity index (χ1) is 8.06. The first-order valence-electron chi connectivity index (χ1n) is 5.35. The normalized spacial score (nSPS) is 16.8. The van der Waals surface area contributed by atoms with Crippen LogP contribution in [0.25, 0.3) is 0 Å². The van der Waals surface area contributed by atoms with Gasteiger partial charge in [-0.15, -0.1) is 0 Å². The SMILES string of the molecule is O=[N+]([O-])c1cc(CNC2(CO)CC2)ccc1Cl. The molecule has 1 fully saturated rings. The second-order valence-corrected chi connectivity index (χ2v) is 4.74. The molecule has 2 rings (SSSR count). The molecule has 1 aliphatic rings. The number of hydrogen-bond donors (Lipinski definition) is 2. The zero-order chi connectivity index (χ0) is 12.5. The van der Waals surface area contributed by atoms with E-state index in [2.05, 4.69) is 5.32 Å². The molecule has 5 nitrogen and oxygen atoms in total. The average Bonchev–Trinajstić information content (AvgIpc) is 3.08. The van der Waals surface area contributed by atoms with E-state index in [-0.39, 0.29) is 22.9 Å². The number of aliphatic hydroxyl groups is 1. The Morgan fingerprint density at radius 2 is 2.24 bits per heavy atom. The predicted octanol–water partition coefficient (Wildman–Crippen LogP) is 1.86. The van der Waals surface area contributed by atoms with Crippen LogP contribution >= 0.6 is 11.6 Å². The minimum Gasteiger partial charge on any atom is -0.394 e. The van der Waals surface area contributed by atoms with Crippen LogP contribution in [0.5, 0.6) is 0 Å². The van der Waals surface area contributed by atoms with Gasteiger partial charge in [-0.3, -0.25) is 10.1 Å². The van der Waals surface area contributed by atoms with E-state index in [1.165, 1.54) is 12.1 Å². The summed E-state index contributed by atoms with van der Waals surface area (Å²) in [6.45, 7) is 0.598. The number of nitro groups is 1. The summed E-state index contributed by atoms with van der Waals surface area (Å²) < 4.78 is 0. The lowest BCUT2D eigenvalue weighted by molar-refractivity contribution is -0.384. The monoisotopic (exact) mass is 256 g/mol. The van der Waals surface area contributed by atoms with Crippen molar-refractivity contribution in [3.63, 3.8) is 0 Å². The minimum atomic E-state index is -0.495. The molecule has 0 atom stereocenters. The third-order valence-corrected chi connectivity index (χ3v) is 3.35. The largest absolute Gasteiger partial charge is 0.394 e. The van der Waals surface area contributed by atoms with Gasteiger partial charge in [0.2, 0.25) is 0 Å². The quantitative estimate of drug-likeness (QED) is 0.623. The molecule has 6 heteroatoms. The number of rotatable bonds is 5. The van der Waals surface area contributed by atoms with Crippen molar-refractivity contribution in [1.82, 2.24) is 5.32 Å². The van der Waals surface area contributed by atoms with Gasteiger partial charge in [0.15, 0.2) is 0 Å². The van der Waals surface area contributed by atoms with Gasteiger partial charge >= 0.3 is 0 Å². The van der Waals surface area contributed by atoms with Crippen molar-refractivity contribution < 1.29 is 10.0 Å². The Hall–Kier alpha value is -1.17. The second-order valence-electron chi connectivity index (χ2n) is 4.33. The van der Waals surface area contributed by atoms with Gasteiger partial charge in [-0.1, -0.05) is 17.7 Å². The summed E-state index contributed by atoms with van der Waals surface area (Å²) in [4.78, 5) is 10.2. The highest BCUT2D eigenvalue weighted by Gasteiger charge is 2.41. The highest BCUT2D eigenvalue weighted by atomic mass is 35.5. The second kappa shape index (κ2) is 4.60. The summed E-state index contributed by atoms with van der Waals surface area (Å²) in [7, 11) is 0. The maximum absolute atomic E-state index is 10.7. The van der Waals surface area contributed by atoms with E-state index in [0.29, 0.717) is 6.54 Å². The Morgan fingerprint density at radius 3 is 2.76 bits per heavy atom. The van der Waals surface area contributed by atoms with E-state index in [1.54, 1.807) is 6.07 Å². The molecular formula is C11H13ClN2O3. The number of halogens is 1. The van der Waals surface area contributed by atoms with E-state index < -0.39 is 4.92 Å². The lowest BCUT2D eigenvalue weighted by atomic mass is 10.2. The molecule has 1 saturated carbocycles. The number of aliphatic hydroxyl groups excluding tert-OH is 1. The van der Waals surface area contributed by atoms with Gasteiger partial charge < -0.3 is 10.4 Å². The minimum absolute atomic E-state index is 0.0835. The highest BCUT2D eigenvalue weighted by molar-refractivity contribution is 6.32. The van der Waals surface area contributed by atoms with Gasteiger partial charge in [-0.05, 0) is 24.5 Å². The third-order valence-electron chi connectivity index (χ3n) is 3.03. The van der Waals surface area contributed by atoms with Crippen LogP contribution in [0.15, 0.2) is 18.2 Å². The van der Waals surface area contributed by atoms with Gasteiger partial charge in [0.05, 0.1) is 11.5 Å². The van der Waals surface area contributed by atoms with E-state index in [0.717, 1.165) is 18.4 Å². The van der Waals surface area contributed by atoms with Gasteiger partial charge in [-0.2, -0.15) is 0 Å². The predicted molar refractivity (Wildman–Crippen MR) is 64.0 cm³/mol. The molecule has 92 valence electrons. The molecular weight excluding hydrogens is 244 g/mol. The first kappa shape index (κ1) is 12.3. The zero-order valence-electron chi connectivity index (χ0n) is 9.15. The van der Waals surface area contributed by atoms with E-state index in [9.17, 15) is 10.1 Å². The average molecular weight is 257 g/mol. The fourth-order valence-corrected chi connectivity index (χ4v) is 1.83. The number of hydrogen-bond acceptors (Lipinski definition) is 4. The van der Waals surface area contributed by atoms with Crippen molar-refractivity contribution in [2.24, 2.45) is 0 Å². The Labute approximate surface area is 104 Å². The molecule has 1 aromatic rings. The van der Waals surface area contributed by atoms with Crippen LogP contribution in [0.2, 0.25) is 5.02 Å². The van der Waals surface area contributed by atoms with Crippen LogP contribution < -0.4 is 5.32 Å². The van der Waals surface area contributed by atoms with E-state index in [4.69, 9.17) is 16.7 Å². The lowest BCUT2D eigenvalue weighted by Crippen LogP contribution is -2.34. The van der Waals surface area contributed by atoms with Crippen LogP contribution in [0.1, 0.15) is 18.4 Å². The van der Waals surface area contributed by atoms with Crippen LogP contribution in [-0.2, 0) is 6.54 Å². The number of nitrogens with one attached hydrogen (secondary N) is 1. The Kier molecular flexibility index (Phi) is 3.33. The van der Waals surface area contributed by atoms with Gasteiger partial charge in [0.1, 0.15) is 5.02 Å². The molecule has 1 aliphatic carbocycles.